The molecule has 2 aromatic heterocycles. The summed E-state index contributed by atoms with van der Waals surface area (Å²) in [5, 5.41) is 13.2. The smallest absolute Gasteiger partial charge is 0.177 e. The summed E-state index contributed by atoms with van der Waals surface area (Å²) in [6.07, 6.45) is 2.20. The van der Waals surface area contributed by atoms with E-state index in [1.54, 1.807) is 0 Å². The Bertz CT molecular complexity index is 673. The normalized spacial score (nSPS) is 22.0. The SMILES string of the molecule is Cc1ccc2nnc(C3CCN(CC4COCCOC4)CC3)n2n1. The van der Waals surface area contributed by atoms with E-state index in [1.165, 1.54) is 0 Å². The summed E-state index contributed by atoms with van der Waals surface area (Å²) in [5.41, 5.74) is 1.83. The summed E-state index contributed by atoms with van der Waals surface area (Å²) in [7, 11) is 0. The zero-order valence-electron chi connectivity index (χ0n) is 14.2. The van der Waals surface area contributed by atoms with Gasteiger partial charge in [0.2, 0.25) is 0 Å². The lowest BCUT2D eigenvalue weighted by molar-refractivity contribution is 0.0931. The van der Waals surface area contributed by atoms with Crippen LogP contribution >= 0.6 is 0 Å². The molecule has 0 atom stereocenters. The molecule has 0 bridgehead atoms. The molecule has 4 heterocycles. The first kappa shape index (κ1) is 15.9. The number of hydrogen-bond acceptors (Lipinski definition) is 6. The summed E-state index contributed by atoms with van der Waals surface area (Å²) < 4.78 is 13.1. The number of ether oxygens (including phenoxy) is 2. The minimum atomic E-state index is 0.437. The number of fused-ring (bicyclic) bond motifs is 1. The number of aryl methyl sites for hydroxylation is 1. The Morgan fingerprint density at radius 2 is 1.83 bits per heavy atom. The second-order valence-electron chi connectivity index (χ2n) is 6.89. The highest BCUT2D eigenvalue weighted by Crippen LogP contribution is 2.27. The molecule has 2 aromatic rings. The van der Waals surface area contributed by atoms with Gasteiger partial charge in [0, 0.05) is 18.4 Å². The van der Waals surface area contributed by atoms with Crippen LogP contribution < -0.4 is 0 Å². The zero-order chi connectivity index (χ0) is 16.4. The Labute approximate surface area is 141 Å². The van der Waals surface area contributed by atoms with Crippen LogP contribution in [0.5, 0.6) is 0 Å². The Hall–Kier alpha value is -1.57. The molecule has 24 heavy (non-hydrogen) atoms. The van der Waals surface area contributed by atoms with Crippen LogP contribution in [0.1, 0.15) is 30.3 Å². The van der Waals surface area contributed by atoms with Crippen LogP contribution in [0.15, 0.2) is 12.1 Å². The first-order valence-corrected chi connectivity index (χ1v) is 8.86. The van der Waals surface area contributed by atoms with Crippen LogP contribution in [0.3, 0.4) is 0 Å². The Morgan fingerprint density at radius 3 is 2.58 bits per heavy atom. The van der Waals surface area contributed by atoms with Crippen LogP contribution in [-0.2, 0) is 9.47 Å². The van der Waals surface area contributed by atoms with Gasteiger partial charge in [-0.15, -0.1) is 10.2 Å². The highest BCUT2D eigenvalue weighted by molar-refractivity contribution is 5.36. The maximum atomic E-state index is 5.61. The first-order chi connectivity index (χ1) is 11.8. The topological polar surface area (TPSA) is 64.8 Å². The minimum Gasteiger partial charge on any atom is -0.379 e. The van der Waals surface area contributed by atoms with Crippen LogP contribution in [0.25, 0.3) is 5.65 Å². The Kier molecular flexibility index (Phi) is 4.73. The van der Waals surface area contributed by atoms with Crippen molar-refractivity contribution in [1.29, 1.82) is 0 Å². The van der Waals surface area contributed by atoms with Crippen molar-refractivity contribution in [2.24, 2.45) is 5.92 Å². The summed E-state index contributed by atoms with van der Waals surface area (Å²) in [5.74, 6) is 1.93. The predicted octanol–water partition coefficient (Wildman–Crippen LogP) is 1.28. The molecule has 2 aliphatic rings. The van der Waals surface area contributed by atoms with E-state index in [0.29, 0.717) is 11.8 Å². The largest absolute Gasteiger partial charge is 0.379 e. The summed E-state index contributed by atoms with van der Waals surface area (Å²) in [6.45, 7) is 8.32. The second kappa shape index (κ2) is 7.13. The van der Waals surface area contributed by atoms with Crippen molar-refractivity contribution in [2.75, 3.05) is 46.1 Å². The number of likely N-dealkylation sites (tertiary alicyclic amines) is 1. The zero-order valence-corrected chi connectivity index (χ0v) is 14.2. The van der Waals surface area contributed by atoms with Gasteiger partial charge < -0.3 is 14.4 Å². The molecular formula is C17H25N5O2. The molecule has 7 nitrogen and oxygen atoms in total. The molecule has 2 saturated heterocycles. The van der Waals surface area contributed by atoms with Crippen LogP contribution in [0, 0.1) is 12.8 Å². The number of nitrogens with zero attached hydrogens (tertiary/aromatic N) is 5. The molecule has 0 saturated carbocycles. The van der Waals surface area contributed by atoms with E-state index in [1.807, 2.05) is 23.6 Å². The van der Waals surface area contributed by atoms with E-state index < -0.39 is 0 Å². The summed E-state index contributed by atoms with van der Waals surface area (Å²) >= 11 is 0. The van der Waals surface area contributed by atoms with Crippen molar-refractivity contribution in [2.45, 2.75) is 25.7 Å². The molecule has 7 heteroatoms. The van der Waals surface area contributed by atoms with Crippen molar-refractivity contribution in [3.05, 3.63) is 23.7 Å². The molecule has 0 aromatic carbocycles. The van der Waals surface area contributed by atoms with E-state index in [-0.39, 0.29) is 0 Å². The molecule has 0 spiro atoms. The van der Waals surface area contributed by atoms with Crippen molar-refractivity contribution in [3.8, 4) is 0 Å². The fourth-order valence-corrected chi connectivity index (χ4v) is 3.66. The van der Waals surface area contributed by atoms with Gasteiger partial charge in [-0.1, -0.05) is 0 Å². The van der Waals surface area contributed by atoms with E-state index in [9.17, 15) is 0 Å². The monoisotopic (exact) mass is 331 g/mol. The van der Waals surface area contributed by atoms with Gasteiger partial charge in [0.1, 0.15) is 0 Å². The van der Waals surface area contributed by atoms with Gasteiger partial charge in [-0.3, -0.25) is 0 Å². The molecule has 130 valence electrons. The van der Waals surface area contributed by atoms with E-state index in [0.717, 1.165) is 76.1 Å². The fourth-order valence-electron chi connectivity index (χ4n) is 3.66. The lowest BCUT2D eigenvalue weighted by Crippen LogP contribution is -2.38. The van der Waals surface area contributed by atoms with E-state index >= 15 is 0 Å². The van der Waals surface area contributed by atoms with Crippen molar-refractivity contribution in [3.63, 3.8) is 0 Å². The highest BCUT2D eigenvalue weighted by atomic mass is 16.5. The lowest BCUT2D eigenvalue weighted by Gasteiger charge is -2.33. The maximum absolute atomic E-state index is 5.61. The molecule has 2 fully saturated rings. The minimum absolute atomic E-state index is 0.437. The van der Waals surface area contributed by atoms with Gasteiger partial charge in [0.25, 0.3) is 0 Å². The van der Waals surface area contributed by atoms with Gasteiger partial charge in [-0.05, 0) is 45.0 Å². The first-order valence-electron chi connectivity index (χ1n) is 8.86. The second-order valence-corrected chi connectivity index (χ2v) is 6.89. The number of hydrogen-bond donors (Lipinski definition) is 0. The van der Waals surface area contributed by atoms with Crippen molar-refractivity contribution in [1.82, 2.24) is 24.7 Å². The van der Waals surface area contributed by atoms with Crippen molar-refractivity contribution >= 4 is 5.65 Å². The Morgan fingerprint density at radius 1 is 1.08 bits per heavy atom. The van der Waals surface area contributed by atoms with Crippen LogP contribution in [0.4, 0.5) is 0 Å². The van der Waals surface area contributed by atoms with Gasteiger partial charge in [0.05, 0.1) is 32.1 Å². The third kappa shape index (κ3) is 3.43. The van der Waals surface area contributed by atoms with E-state index in [2.05, 4.69) is 20.2 Å². The van der Waals surface area contributed by atoms with Crippen molar-refractivity contribution < 1.29 is 9.47 Å². The molecule has 2 aliphatic heterocycles. The highest BCUT2D eigenvalue weighted by Gasteiger charge is 2.26. The number of aromatic nitrogens is 4. The van der Waals surface area contributed by atoms with Crippen LogP contribution in [-0.4, -0.2) is 70.8 Å². The fraction of sp³-hybridized carbons (Fsp3) is 0.706. The third-order valence-electron chi connectivity index (χ3n) is 4.97. The van der Waals surface area contributed by atoms with Gasteiger partial charge in [-0.25, -0.2) is 0 Å². The number of rotatable bonds is 3. The summed E-state index contributed by atoms with van der Waals surface area (Å²) in [4.78, 5) is 2.53. The van der Waals surface area contributed by atoms with Gasteiger partial charge in [-0.2, -0.15) is 9.61 Å². The van der Waals surface area contributed by atoms with Gasteiger partial charge >= 0.3 is 0 Å². The van der Waals surface area contributed by atoms with E-state index in [4.69, 9.17) is 9.47 Å². The molecule has 4 rings (SSSR count). The van der Waals surface area contributed by atoms with Gasteiger partial charge in [0.15, 0.2) is 11.5 Å². The molecule has 0 radical (unpaired) electrons. The molecule has 0 unspecified atom stereocenters. The summed E-state index contributed by atoms with van der Waals surface area (Å²) in [6, 6.07) is 3.97. The Balaban J connectivity index is 1.37. The molecular weight excluding hydrogens is 306 g/mol. The standard InChI is InChI=1S/C17H25N5O2/c1-13-2-3-16-18-19-17(22(16)20-13)15-4-6-21(7-5-15)10-14-11-23-8-9-24-12-14/h2-3,14-15H,4-12H2,1H3. The maximum Gasteiger partial charge on any atom is 0.177 e. The quantitative estimate of drug-likeness (QED) is 0.844. The molecule has 0 amide bonds. The number of piperidine rings is 1. The molecule has 0 aliphatic carbocycles. The van der Waals surface area contributed by atoms with Crippen LogP contribution in [0.2, 0.25) is 0 Å². The molecule has 0 N–H and O–H groups in total. The average molecular weight is 331 g/mol. The predicted molar refractivity (Wildman–Crippen MR) is 89.1 cm³/mol. The third-order valence-corrected chi connectivity index (χ3v) is 4.97. The lowest BCUT2D eigenvalue weighted by atomic mass is 9.95. The average Bonchev–Trinajstić information content (AvgIpc) is 2.83.